The Labute approximate surface area is 252 Å². The predicted octanol–water partition coefficient (Wildman–Crippen LogP) is 6.76. The van der Waals surface area contributed by atoms with Gasteiger partial charge in [-0.15, -0.1) is 17.0 Å². The minimum atomic E-state index is 0. The summed E-state index contributed by atoms with van der Waals surface area (Å²) >= 11 is 3.52. The molecule has 0 saturated heterocycles. The van der Waals surface area contributed by atoms with Crippen LogP contribution in [0.15, 0.2) is 49.1 Å². The molecule has 0 aromatic carbocycles. The molecule has 5 heteroatoms. The van der Waals surface area contributed by atoms with Crippen LogP contribution in [0.25, 0.3) is 0 Å². The molecule has 0 radical (unpaired) electrons. The number of pyridine rings is 2. The van der Waals surface area contributed by atoms with Gasteiger partial charge in [0.25, 0.3) is 0 Å². The number of aryl methyl sites for hydroxylation is 3. The Morgan fingerprint density at radius 2 is 1.11 bits per heavy atom. The van der Waals surface area contributed by atoms with Crippen LogP contribution in [0.2, 0.25) is 0 Å². The summed E-state index contributed by atoms with van der Waals surface area (Å²) in [6.07, 6.45) is 34.4. The third-order valence-corrected chi connectivity index (χ3v) is 7.43. The fourth-order valence-corrected chi connectivity index (χ4v) is 5.15. The smallest absolute Gasteiger partial charge is 0.171 e. The fourth-order valence-electron chi connectivity index (χ4n) is 4.75. The van der Waals surface area contributed by atoms with Crippen LogP contribution in [0, 0.1) is 0 Å². The quantitative estimate of drug-likeness (QED) is 0.0758. The SMILES string of the molecule is Br.BrCCCCCCCCCCc1ccc[n+](CCCCCCCCCCCc2cccnc2)c1.[Br-]. The molecule has 0 aliphatic rings. The third-order valence-electron chi connectivity index (χ3n) is 6.87. The molecule has 0 aliphatic heterocycles. The predicted molar refractivity (Wildman–Crippen MR) is 161 cm³/mol. The Kier molecular flexibility index (Phi) is 26.2. The van der Waals surface area contributed by atoms with E-state index in [0.29, 0.717) is 0 Å². The Bertz CT molecular complexity index is 712. The number of halogens is 3. The largest absolute Gasteiger partial charge is 1.00 e. The molecule has 36 heavy (non-hydrogen) atoms. The lowest BCUT2D eigenvalue weighted by Gasteiger charge is -2.04. The van der Waals surface area contributed by atoms with E-state index in [-0.39, 0.29) is 34.0 Å². The summed E-state index contributed by atoms with van der Waals surface area (Å²) < 4.78 is 2.42. The standard InChI is InChI=1S/C31H50BrN2.2BrH/c32-24-16-12-8-4-3-7-11-15-21-31-23-19-27-34(29-31)26-17-13-9-5-1-2-6-10-14-20-30-22-18-25-33-28-30;;/h18-19,22-23,25,27-29H,1-17,20-21,24,26H2;2*1H/q+1;;/p-1. The summed E-state index contributed by atoms with van der Waals surface area (Å²) in [4.78, 5) is 4.20. The Hall–Kier alpha value is -0.260. The molecule has 0 N–H and O–H groups in total. The van der Waals surface area contributed by atoms with Crippen molar-refractivity contribution in [1.82, 2.24) is 4.98 Å². The van der Waals surface area contributed by atoms with Gasteiger partial charge in [0.2, 0.25) is 0 Å². The second-order valence-corrected chi connectivity index (χ2v) is 10.8. The monoisotopic (exact) mass is 688 g/mol. The molecule has 0 spiro atoms. The van der Waals surface area contributed by atoms with E-state index in [1.807, 2.05) is 18.5 Å². The number of rotatable bonds is 22. The molecule has 2 rings (SSSR count). The van der Waals surface area contributed by atoms with Gasteiger partial charge < -0.3 is 17.0 Å². The molecule has 206 valence electrons. The molecule has 0 fully saturated rings. The highest BCUT2D eigenvalue weighted by Crippen LogP contribution is 2.13. The summed E-state index contributed by atoms with van der Waals surface area (Å²) in [6, 6.07) is 8.79. The van der Waals surface area contributed by atoms with Gasteiger partial charge in [-0.1, -0.05) is 99.0 Å². The second kappa shape index (κ2) is 26.4. The number of unbranched alkanes of at least 4 members (excludes halogenated alkanes) is 15. The summed E-state index contributed by atoms with van der Waals surface area (Å²) in [5.41, 5.74) is 2.90. The lowest BCUT2D eigenvalue weighted by atomic mass is 10.0. The third kappa shape index (κ3) is 19.8. The molecule has 0 unspecified atom stereocenters. The topological polar surface area (TPSA) is 16.8 Å². The first-order chi connectivity index (χ1) is 16.9. The van der Waals surface area contributed by atoms with Gasteiger partial charge in [-0.25, -0.2) is 4.57 Å². The van der Waals surface area contributed by atoms with Crippen LogP contribution in [-0.4, -0.2) is 10.3 Å². The van der Waals surface area contributed by atoms with Gasteiger partial charge in [-0.05, 0) is 56.2 Å². The molecule has 2 aromatic rings. The average Bonchev–Trinajstić information content (AvgIpc) is 2.87. The first kappa shape index (κ1) is 35.7. The highest BCUT2D eigenvalue weighted by atomic mass is 79.9. The van der Waals surface area contributed by atoms with Crippen molar-refractivity contribution in [3.05, 3.63) is 60.2 Å². The Balaban J connectivity index is 0.00000612. The molecule has 0 saturated carbocycles. The van der Waals surface area contributed by atoms with Crippen molar-refractivity contribution < 1.29 is 21.5 Å². The maximum Gasteiger partial charge on any atom is 0.171 e. The maximum atomic E-state index is 4.20. The van der Waals surface area contributed by atoms with Gasteiger partial charge in [-0.2, -0.15) is 0 Å². The Morgan fingerprint density at radius 1 is 0.611 bits per heavy atom. The lowest BCUT2D eigenvalue weighted by molar-refractivity contribution is -0.697. The van der Waals surface area contributed by atoms with E-state index in [9.17, 15) is 0 Å². The minimum Gasteiger partial charge on any atom is -1.00 e. The van der Waals surface area contributed by atoms with E-state index in [0.717, 1.165) is 0 Å². The highest BCUT2D eigenvalue weighted by molar-refractivity contribution is 9.09. The van der Waals surface area contributed by atoms with Crippen LogP contribution in [-0.2, 0) is 19.4 Å². The van der Waals surface area contributed by atoms with E-state index in [1.54, 1.807) is 0 Å². The molecule has 2 aromatic heterocycles. The molecule has 0 atom stereocenters. The summed E-state index contributed by atoms with van der Waals surface area (Å²) in [5, 5.41) is 1.17. The van der Waals surface area contributed by atoms with Crippen molar-refractivity contribution in [2.75, 3.05) is 5.33 Å². The van der Waals surface area contributed by atoms with E-state index in [4.69, 9.17) is 0 Å². The maximum absolute atomic E-state index is 4.20. The zero-order valence-electron chi connectivity index (χ0n) is 22.5. The van der Waals surface area contributed by atoms with Gasteiger partial charge >= 0.3 is 0 Å². The zero-order chi connectivity index (χ0) is 23.9. The number of aromatic nitrogens is 2. The molecular formula is C31H51Br3N2. The van der Waals surface area contributed by atoms with Crippen molar-refractivity contribution in [2.24, 2.45) is 0 Å². The van der Waals surface area contributed by atoms with Crippen LogP contribution in [0.5, 0.6) is 0 Å². The van der Waals surface area contributed by atoms with Gasteiger partial charge in [-0.3, -0.25) is 4.98 Å². The lowest BCUT2D eigenvalue weighted by Crippen LogP contribution is -3.00. The van der Waals surface area contributed by atoms with Crippen molar-refractivity contribution in [3.8, 4) is 0 Å². The molecular weight excluding hydrogens is 640 g/mol. The first-order valence-electron chi connectivity index (χ1n) is 14.3. The van der Waals surface area contributed by atoms with Gasteiger partial charge in [0.15, 0.2) is 12.4 Å². The van der Waals surface area contributed by atoms with Crippen molar-refractivity contribution in [1.29, 1.82) is 0 Å². The summed E-state index contributed by atoms with van der Waals surface area (Å²) in [6.45, 7) is 1.18. The Morgan fingerprint density at radius 3 is 1.67 bits per heavy atom. The molecule has 0 amide bonds. The molecule has 2 nitrogen and oxygen atoms in total. The van der Waals surface area contributed by atoms with E-state index < -0.39 is 0 Å². The zero-order valence-corrected chi connectivity index (χ0v) is 27.4. The second-order valence-electron chi connectivity index (χ2n) is 10.0. The number of alkyl halides is 1. The molecule has 0 bridgehead atoms. The van der Waals surface area contributed by atoms with Gasteiger partial charge in [0.1, 0.15) is 6.54 Å². The van der Waals surface area contributed by atoms with Crippen LogP contribution in [0.1, 0.15) is 120 Å². The van der Waals surface area contributed by atoms with Crippen molar-refractivity contribution in [3.63, 3.8) is 0 Å². The van der Waals surface area contributed by atoms with Crippen LogP contribution < -0.4 is 21.5 Å². The average molecular weight is 691 g/mol. The highest BCUT2D eigenvalue weighted by Gasteiger charge is 2.03. The normalized spacial score (nSPS) is 10.6. The minimum absolute atomic E-state index is 0. The summed E-state index contributed by atoms with van der Waals surface area (Å²) in [7, 11) is 0. The number of nitrogens with zero attached hydrogens (tertiary/aromatic N) is 2. The summed E-state index contributed by atoms with van der Waals surface area (Å²) in [5.74, 6) is 0. The van der Waals surface area contributed by atoms with Crippen molar-refractivity contribution >= 4 is 32.9 Å². The van der Waals surface area contributed by atoms with Gasteiger partial charge in [0, 0.05) is 35.8 Å². The van der Waals surface area contributed by atoms with Crippen LogP contribution in [0.4, 0.5) is 0 Å². The first-order valence-corrected chi connectivity index (χ1v) is 15.4. The number of hydrogen-bond acceptors (Lipinski definition) is 1. The van der Waals surface area contributed by atoms with Crippen LogP contribution in [0.3, 0.4) is 0 Å². The molecule has 2 heterocycles. The number of hydrogen-bond donors (Lipinski definition) is 0. The van der Waals surface area contributed by atoms with Crippen molar-refractivity contribution in [2.45, 2.75) is 129 Å². The van der Waals surface area contributed by atoms with Gasteiger partial charge in [0.05, 0.1) is 0 Å². The fraction of sp³-hybridized carbons (Fsp3) is 0.677. The van der Waals surface area contributed by atoms with E-state index >= 15 is 0 Å². The van der Waals surface area contributed by atoms with E-state index in [1.165, 1.54) is 145 Å². The molecule has 0 aliphatic carbocycles. The van der Waals surface area contributed by atoms with E-state index in [2.05, 4.69) is 56.1 Å². The van der Waals surface area contributed by atoms with Crippen LogP contribution >= 0.6 is 32.9 Å².